The number of ether oxygens (including phenoxy) is 3. The zero-order valence-corrected chi connectivity index (χ0v) is 20.0. The predicted molar refractivity (Wildman–Crippen MR) is 127 cm³/mol. The Hall–Kier alpha value is -3.49. The topological polar surface area (TPSA) is 93.2 Å². The second kappa shape index (κ2) is 10.2. The SMILES string of the molecule is CC(C)(C)OC(=O)N1CCN(c2cc3c(cn2)C[C@@H](NC(=O)OCc2ccccc2)CO3)CC1. The number of carbonyl (C=O) groups excluding carboxylic acids is 2. The lowest BCUT2D eigenvalue weighted by molar-refractivity contribution is 0.0240. The summed E-state index contributed by atoms with van der Waals surface area (Å²) in [5.74, 6) is 1.59. The van der Waals surface area contributed by atoms with Crippen molar-refractivity contribution >= 4 is 18.0 Å². The lowest BCUT2D eigenvalue weighted by Gasteiger charge is -2.36. The molecule has 1 aromatic heterocycles. The maximum absolute atomic E-state index is 12.3. The van der Waals surface area contributed by atoms with Gasteiger partial charge in [-0.25, -0.2) is 14.6 Å². The van der Waals surface area contributed by atoms with E-state index in [1.165, 1.54) is 0 Å². The highest BCUT2D eigenvalue weighted by Gasteiger charge is 2.28. The van der Waals surface area contributed by atoms with Gasteiger partial charge >= 0.3 is 12.2 Å². The molecule has 0 radical (unpaired) electrons. The van der Waals surface area contributed by atoms with E-state index >= 15 is 0 Å². The molecular formula is C25H32N4O5. The number of nitrogens with zero attached hydrogens (tertiary/aromatic N) is 3. The first kappa shape index (κ1) is 23.7. The molecule has 2 aliphatic heterocycles. The third-order valence-corrected chi connectivity index (χ3v) is 5.63. The van der Waals surface area contributed by atoms with Crippen LogP contribution in [0.1, 0.15) is 31.9 Å². The summed E-state index contributed by atoms with van der Waals surface area (Å²) in [4.78, 5) is 32.9. The predicted octanol–water partition coefficient (Wildman–Crippen LogP) is 3.37. The fourth-order valence-corrected chi connectivity index (χ4v) is 3.90. The lowest BCUT2D eigenvalue weighted by Crippen LogP contribution is -2.50. The molecule has 9 heteroatoms. The van der Waals surface area contributed by atoms with E-state index in [1.807, 2.05) is 57.2 Å². The van der Waals surface area contributed by atoms with Gasteiger partial charge in [-0.05, 0) is 26.3 Å². The molecule has 4 rings (SSSR count). The number of amides is 2. The summed E-state index contributed by atoms with van der Waals surface area (Å²) in [6.45, 7) is 8.68. The molecule has 1 aromatic carbocycles. The molecule has 182 valence electrons. The van der Waals surface area contributed by atoms with Crippen LogP contribution >= 0.6 is 0 Å². The zero-order chi connectivity index (χ0) is 24.1. The molecule has 0 saturated carbocycles. The number of alkyl carbamates (subject to hydrolysis) is 1. The number of pyridine rings is 1. The molecule has 9 nitrogen and oxygen atoms in total. The van der Waals surface area contributed by atoms with Crippen molar-refractivity contribution in [1.82, 2.24) is 15.2 Å². The van der Waals surface area contributed by atoms with Crippen molar-refractivity contribution in [2.75, 3.05) is 37.7 Å². The van der Waals surface area contributed by atoms with E-state index in [2.05, 4.69) is 15.2 Å². The van der Waals surface area contributed by atoms with Crippen LogP contribution in [0.15, 0.2) is 42.6 Å². The Balaban J connectivity index is 1.26. The Kier molecular flexibility index (Phi) is 7.09. The number of fused-ring (bicyclic) bond motifs is 1. The average Bonchev–Trinajstić information content (AvgIpc) is 2.82. The molecule has 1 N–H and O–H groups in total. The minimum absolute atomic E-state index is 0.180. The summed E-state index contributed by atoms with van der Waals surface area (Å²) in [7, 11) is 0. The first-order valence-corrected chi connectivity index (χ1v) is 11.6. The average molecular weight is 469 g/mol. The van der Waals surface area contributed by atoms with E-state index in [0.717, 1.165) is 22.7 Å². The number of rotatable bonds is 4. The summed E-state index contributed by atoms with van der Waals surface area (Å²) < 4.78 is 16.7. The fraction of sp³-hybridized carbons (Fsp3) is 0.480. The quantitative estimate of drug-likeness (QED) is 0.735. The number of aromatic nitrogens is 1. The Morgan fingerprint density at radius 3 is 2.59 bits per heavy atom. The lowest BCUT2D eigenvalue weighted by atomic mass is 10.0. The standard InChI is InChI=1S/C25H32N4O5/c1-25(2,3)34-24(31)29-11-9-28(10-12-29)22-14-21-19(15-26-22)13-20(17-32-21)27-23(30)33-16-18-7-5-4-6-8-18/h4-8,14-15,20H,9-13,16-17H2,1-3H3,(H,27,30)/t20-/m1/s1. The highest BCUT2D eigenvalue weighted by Crippen LogP contribution is 2.28. The highest BCUT2D eigenvalue weighted by molar-refractivity contribution is 5.69. The van der Waals surface area contributed by atoms with Gasteiger partial charge in [0.15, 0.2) is 0 Å². The first-order valence-electron chi connectivity index (χ1n) is 11.6. The summed E-state index contributed by atoms with van der Waals surface area (Å²) in [6.07, 6.45) is 1.67. The third kappa shape index (κ3) is 6.30. The molecule has 0 unspecified atom stereocenters. The molecular weight excluding hydrogens is 436 g/mol. The maximum Gasteiger partial charge on any atom is 0.410 e. The van der Waals surface area contributed by atoms with Crippen LogP contribution in [0.5, 0.6) is 5.75 Å². The minimum Gasteiger partial charge on any atom is -0.491 e. The largest absolute Gasteiger partial charge is 0.491 e. The molecule has 34 heavy (non-hydrogen) atoms. The van der Waals surface area contributed by atoms with Crippen LogP contribution in [-0.2, 0) is 22.5 Å². The molecule has 2 aliphatic rings. The van der Waals surface area contributed by atoms with Gasteiger partial charge in [-0.1, -0.05) is 30.3 Å². The van der Waals surface area contributed by atoms with Gasteiger partial charge in [-0.15, -0.1) is 0 Å². The van der Waals surface area contributed by atoms with Crippen LogP contribution < -0.4 is 15.0 Å². The number of hydrogen-bond acceptors (Lipinski definition) is 7. The van der Waals surface area contributed by atoms with Crippen LogP contribution in [0.4, 0.5) is 15.4 Å². The van der Waals surface area contributed by atoms with Crippen LogP contribution in [-0.4, -0.2) is 66.5 Å². The zero-order valence-electron chi connectivity index (χ0n) is 20.0. The van der Waals surface area contributed by atoms with Gasteiger partial charge in [-0.3, -0.25) is 0 Å². The number of benzene rings is 1. The number of piperazine rings is 1. The van der Waals surface area contributed by atoms with Crippen LogP contribution in [0, 0.1) is 0 Å². The van der Waals surface area contributed by atoms with E-state index in [4.69, 9.17) is 14.2 Å². The van der Waals surface area contributed by atoms with Crippen molar-refractivity contribution in [3.05, 3.63) is 53.7 Å². The molecule has 1 atom stereocenters. The van der Waals surface area contributed by atoms with E-state index in [0.29, 0.717) is 39.2 Å². The molecule has 3 heterocycles. The van der Waals surface area contributed by atoms with Gasteiger partial charge in [-0.2, -0.15) is 0 Å². The fourth-order valence-electron chi connectivity index (χ4n) is 3.90. The summed E-state index contributed by atoms with van der Waals surface area (Å²) in [5, 5.41) is 2.87. The van der Waals surface area contributed by atoms with E-state index in [1.54, 1.807) is 11.1 Å². The molecule has 1 saturated heterocycles. The van der Waals surface area contributed by atoms with Crippen LogP contribution in [0.3, 0.4) is 0 Å². The minimum atomic E-state index is -0.503. The van der Waals surface area contributed by atoms with Crippen molar-refractivity contribution in [3.8, 4) is 5.75 Å². The van der Waals surface area contributed by atoms with E-state index in [9.17, 15) is 9.59 Å². The maximum atomic E-state index is 12.3. The number of anilines is 1. The molecule has 0 spiro atoms. The van der Waals surface area contributed by atoms with Gasteiger partial charge in [0, 0.05) is 50.4 Å². The summed E-state index contributed by atoms with van der Waals surface area (Å²) >= 11 is 0. The molecule has 1 fully saturated rings. The van der Waals surface area contributed by atoms with Crippen LogP contribution in [0.25, 0.3) is 0 Å². The molecule has 0 bridgehead atoms. The number of hydrogen-bond donors (Lipinski definition) is 1. The van der Waals surface area contributed by atoms with Gasteiger partial charge in [0.2, 0.25) is 0 Å². The van der Waals surface area contributed by atoms with Gasteiger partial charge in [0.25, 0.3) is 0 Å². The second-order valence-electron chi connectivity index (χ2n) is 9.52. The van der Waals surface area contributed by atoms with E-state index in [-0.39, 0.29) is 18.7 Å². The molecule has 2 aromatic rings. The van der Waals surface area contributed by atoms with Crippen molar-refractivity contribution in [1.29, 1.82) is 0 Å². The molecule has 2 amide bonds. The van der Waals surface area contributed by atoms with Crippen LogP contribution in [0.2, 0.25) is 0 Å². The van der Waals surface area contributed by atoms with Crippen molar-refractivity contribution in [2.24, 2.45) is 0 Å². The van der Waals surface area contributed by atoms with Crippen molar-refractivity contribution < 1.29 is 23.8 Å². The number of carbonyl (C=O) groups is 2. The van der Waals surface area contributed by atoms with Crippen molar-refractivity contribution in [3.63, 3.8) is 0 Å². The molecule has 0 aliphatic carbocycles. The monoisotopic (exact) mass is 468 g/mol. The Bertz CT molecular complexity index is 1000. The van der Waals surface area contributed by atoms with Gasteiger partial charge in [0.1, 0.15) is 30.4 Å². The summed E-state index contributed by atoms with van der Waals surface area (Å²) in [5.41, 5.74) is 1.37. The van der Waals surface area contributed by atoms with E-state index < -0.39 is 11.7 Å². The van der Waals surface area contributed by atoms with Gasteiger partial charge in [0.05, 0.1) is 6.04 Å². The Morgan fingerprint density at radius 2 is 1.88 bits per heavy atom. The number of nitrogens with one attached hydrogen (secondary N) is 1. The smallest absolute Gasteiger partial charge is 0.410 e. The second-order valence-corrected chi connectivity index (χ2v) is 9.52. The Labute approximate surface area is 200 Å². The third-order valence-electron chi connectivity index (χ3n) is 5.63. The van der Waals surface area contributed by atoms with Gasteiger partial charge < -0.3 is 29.3 Å². The van der Waals surface area contributed by atoms with Crippen molar-refractivity contribution in [2.45, 2.75) is 45.4 Å². The highest BCUT2D eigenvalue weighted by atomic mass is 16.6. The Morgan fingerprint density at radius 1 is 1.15 bits per heavy atom. The normalized spacial score (nSPS) is 17.9. The first-order chi connectivity index (χ1) is 16.3. The summed E-state index contributed by atoms with van der Waals surface area (Å²) in [6, 6.07) is 11.3.